The molecule has 0 radical (unpaired) electrons. The number of nitrogens with zero attached hydrogens (tertiary/aromatic N) is 2. The minimum atomic E-state index is -0.388. The molecule has 0 saturated carbocycles. The smallest absolute Gasteiger partial charge is 0.130 e. The number of aromatic nitrogens is 2. The van der Waals surface area contributed by atoms with Gasteiger partial charge in [-0.1, -0.05) is 25.4 Å². The van der Waals surface area contributed by atoms with Gasteiger partial charge in [-0.15, -0.1) is 0 Å². The van der Waals surface area contributed by atoms with Crippen LogP contribution in [0.3, 0.4) is 0 Å². The van der Waals surface area contributed by atoms with E-state index in [1.54, 1.807) is 0 Å². The number of aliphatic hydroxyl groups is 1. The van der Waals surface area contributed by atoms with Gasteiger partial charge in [0.1, 0.15) is 5.82 Å². The minimum Gasteiger partial charge on any atom is -0.392 e. The summed E-state index contributed by atoms with van der Waals surface area (Å²) < 4.78 is 0. The predicted molar refractivity (Wildman–Crippen MR) is 51.6 cm³/mol. The van der Waals surface area contributed by atoms with E-state index in [2.05, 4.69) is 9.97 Å². The fourth-order valence-corrected chi connectivity index (χ4v) is 0.965. The average Bonchev–Trinajstić information content (AvgIpc) is 2.08. The highest BCUT2D eigenvalue weighted by atomic mass is 35.5. The number of hydrogen-bond donors (Lipinski definition) is 1. The summed E-state index contributed by atoms with van der Waals surface area (Å²) in [7, 11) is 0. The maximum absolute atomic E-state index is 9.54. The maximum Gasteiger partial charge on any atom is 0.130 e. The summed E-state index contributed by atoms with van der Waals surface area (Å²) in [6, 6.07) is 0. The predicted octanol–water partition coefficient (Wildman–Crippen LogP) is 1.69. The Kier molecular flexibility index (Phi) is 3.63. The van der Waals surface area contributed by atoms with Crippen molar-refractivity contribution in [3.8, 4) is 0 Å². The first-order valence-corrected chi connectivity index (χ1v) is 4.62. The molecule has 0 amide bonds. The van der Waals surface area contributed by atoms with E-state index < -0.39 is 0 Å². The van der Waals surface area contributed by atoms with Crippen LogP contribution < -0.4 is 0 Å². The molecule has 0 aromatic carbocycles. The highest BCUT2D eigenvalue weighted by molar-refractivity contribution is 6.30. The molecule has 1 aromatic rings. The lowest BCUT2D eigenvalue weighted by molar-refractivity contribution is 0.123. The van der Waals surface area contributed by atoms with Crippen LogP contribution >= 0.6 is 11.6 Å². The Labute approximate surface area is 82.8 Å². The number of halogens is 1. The second kappa shape index (κ2) is 4.53. The summed E-state index contributed by atoms with van der Waals surface area (Å²) in [4.78, 5) is 8.00. The van der Waals surface area contributed by atoms with Crippen LogP contribution in [0.2, 0.25) is 5.02 Å². The van der Waals surface area contributed by atoms with Gasteiger partial charge >= 0.3 is 0 Å². The van der Waals surface area contributed by atoms with Gasteiger partial charge in [0.25, 0.3) is 0 Å². The van der Waals surface area contributed by atoms with Crippen LogP contribution in [0.25, 0.3) is 0 Å². The van der Waals surface area contributed by atoms with Crippen molar-refractivity contribution < 1.29 is 5.11 Å². The molecule has 1 heterocycles. The third kappa shape index (κ3) is 3.28. The van der Waals surface area contributed by atoms with E-state index in [-0.39, 0.29) is 12.0 Å². The first-order chi connectivity index (χ1) is 6.09. The van der Waals surface area contributed by atoms with Crippen molar-refractivity contribution in [3.05, 3.63) is 23.2 Å². The molecule has 1 unspecified atom stereocenters. The highest BCUT2D eigenvalue weighted by Crippen LogP contribution is 2.08. The molecule has 0 aliphatic heterocycles. The van der Waals surface area contributed by atoms with Crippen LogP contribution in [-0.2, 0) is 6.42 Å². The SMILES string of the molecule is CC(C)C(O)Cc1ncc(Cl)cn1. The van der Waals surface area contributed by atoms with Gasteiger partial charge < -0.3 is 5.11 Å². The second-order valence-electron chi connectivity index (χ2n) is 3.33. The topological polar surface area (TPSA) is 46.0 Å². The van der Waals surface area contributed by atoms with Crippen molar-refractivity contribution in [2.24, 2.45) is 5.92 Å². The third-order valence-electron chi connectivity index (χ3n) is 1.84. The molecule has 13 heavy (non-hydrogen) atoms. The van der Waals surface area contributed by atoms with Gasteiger partial charge in [0.05, 0.1) is 11.1 Å². The standard InChI is InChI=1S/C9H13ClN2O/c1-6(2)8(13)3-9-11-4-7(10)5-12-9/h4-6,8,13H,3H2,1-2H3. The number of hydrogen-bond acceptors (Lipinski definition) is 3. The average molecular weight is 201 g/mol. The molecule has 0 aliphatic rings. The van der Waals surface area contributed by atoms with Gasteiger partial charge in [0.15, 0.2) is 0 Å². The molecule has 1 N–H and O–H groups in total. The van der Waals surface area contributed by atoms with E-state index in [9.17, 15) is 5.11 Å². The summed E-state index contributed by atoms with van der Waals surface area (Å²) in [5.41, 5.74) is 0. The fourth-order valence-electron chi connectivity index (χ4n) is 0.867. The maximum atomic E-state index is 9.54. The summed E-state index contributed by atoms with van der Waals surface area (Å²) in [6.45, 7) is 3.92. The van der Waals surface area contributed by atoms with Crippen LogP contribution in [0, 0.1) is 5.92 Å². The Morgan fingerprint density at radius 1 is 1.38 bits per heavy atom. The van der Waals surface area contributed by atoms with Crippen molar-refractivity contribution in [3.63, 3.8) is 0 Å². The molecule has 0 fully saturated rings. The van der Waals surface area contributed by atoms with Crippen molar-refractivity contribution in [1.29, 1.82) is 0 Å². The molecule has 3 nitrogen and oxygen atoms in total. The van der Waals surface area contributed by atoms with Gasteiger partial charge in [-0.05, 0) is 5.92 Å². The second-order valence-corrected chi connectivity index (χ2v) is 3.77. The molecule has 4 heteroatoms. The largest absolute Gasteiger partial charge is 0.392 e. The summed E-state index contributed by atoms with van der Waals surface area (Å²) in [6.07, 6.45) is 3.17. The quantitative estimate of drug-likeness (QED) is 0.808. The Morgan fingerprint density at radius 3 is 2.38 bits per heavy atom. The van der Waals surface area contributed by atoms with E-state index in [1.165, 1.54) is 12.4 Å². The lowest BCUT2D eigenvalue weighted by Crippen LogP contribution is -2.18. The van der Waals surface area contributed by atoms with E-state index >= 15 is 0 Å². The molecule has 0 saturated heterocycles. The molecule has 0 aliphatic carbocycles. The van der Waals surface area contributed by atoms with Crippen molar-refractivity contribution in [2.45, 2.75) is 26.4 Å². The van der Waals surface area contributed by atoms with Gasteiger partial charge in [0.2, 0.25) is 0 Å². The van der Waals surface area contributed by atoms with Crippen LogP contribution in [0.5, 0.6) is 0 Å². The summed E-state index contributed by atoms with van der Waals surface area (Å²) in [5, 5.41) is 10.1. The zero-order chi connectivity index (χ0) is 9.84. The van der Waals surface area contributed by atoms with Gasteiger partial charge in [-0.2, -0.15) is 0 Å². The van der Waals surface area contributed by atoms with Crippen LogP contribution in [0.1, 0.15) is 19.7 Å². The molecule has 1 aromatic heterocycles. The van der Waals surface area contributed by atoms with Crippen LogP contribution in [-0.4, -0.2) is 21.2 Å². The van der Waals surface area contributed by atoms with Gasteiger partial charge in [0, 0.05) is 18.8 Å². The number of rotatable bonds is 3. The molecule has 1 rings (SSSR count). The van der Waals surface area contributed by atoms with E-state index in [1.807, 2.05) is 13.8 Å². The number of aliphatic hydroxyl groups excluding tert-OH is 1. The van der Waals surface area contributed by atoms with E-state index in [0.29, 0.717) is 17.3 Å². The normalized spacial score (nSPS) is 13.3. The van der Waals surface area contributed by atoms with Crippen molar-refractivity contribution >= 4 is 11.6 Å². The fraction of sp³-hybridized carbons (Fsp3) is 0.556. The Balaban J connectivity index is 2.59. The first kappa shape index (κ1) is 10.4. The molecular weight excluding hydrogens is 188 g/mol. The lowest BCUT2D eigenvalue weighted by Gasteiger charge is -2.12. The van der Waals surface area contributed by atoms with Crippen molar-refractivity contribution in [2.75, 3.05) is 0 Å². The minimum absolute atomic E-state index is 0.222. The van der Waals surface area contributed by atoms with Crippen LogP contribution in [0.4, 0.5) is 0 Å². The first-order valence-electron chi connectivity index (χ1n) is 4.24. The third-order valence-corrected chi connectivity index (χ3v) is 2.03. The molecule has 72 valence electrons. The monoisotopic (exact) mass is 200 g/mol. The molecule has 0 bridgehead atoms. The molecule has 1 atom stereocenters. The molecule has 0 spiro atoms. The Bertz CT molecular complexity index is 261. The lowest BCUT2D eigenvalue weighted by atomic mass is 10.0. The summed E-state index contributed by atoms with van der Waals surface area (Å²) >= 11 is 5.62. The zero-order valence-corrected chi connectivity index (χ0v) is 8.49. The zero-order valence-electron chi connectivity index (χ0n) is 7.74. The van der Waals surface area contributed by atoms with E-state index in [0.717, 1.165) is 0 Å². The van der Waals surface area contributed by atoms with Crippen LogP contribution in [0.15, 0.2) is 12.4 Å². The summed E-state index contributed by atoms with van der Waals surface area (Å²) in [5.74, 6) is 0.852. The molecular formula is C9H13ClN2O. The highest BCUT2D eigenvalue weighted by Gasteiger charge is 2.11. The van der Waals surface area contributed by atoms with E-state index in [4.69, 9.17) is 11.6 Å². The Hall–Kier alpha value is -0.670. The van der Waals surface area contributed by atoms with Gasteiger partial charge in [-0.25, -0.2) is 9.97 Å². The van der Waals surface area contributed by atoms with Gasteiger partial charge in [-0.3, -0.25) is 0 Å². The Morgan fingerprint density at radius 2 is 1.92 bits per heavy atom. The van der Waals surface area contributed by atoms with Crippen molar-refractivity contribution in [1.82, 2.24) is 9.97 Å².